The van der Waals surface area contributed by atoms with Gasteiger partial charge in [0.15, 0.2) is 0 Å². The van der Waals surface area contributed by atoms with E-state index in [0.29, 0.717) is 0 Å². The molecule has 192 valence electrons. The summed E-state index contributed by atoms with van der Waals surface area (Å²) < 4.78 is 169. The van der Waals surface area contributed by atoms with Gasteiger partial charge in [-0.3, -0.25) is 0 Å². The van der Waals surface area contributed by atoms with Gasteiger partial charge in [-0.1, -0.05) is 18.6 Å². The molecule has 3 aliphatic rings. The van der Waals surface area contributed by atoms with E-state index < -0.39 is 85.4 Å². The SMILES string of the molecule is OC(C1CCCC(C(OC2CC3C=CC2C3)(C(F)(F)F)C(F)(F)F)C1)(C(F)(F)F)C(F)(F)F. The number of halogens is 12. The molecule has 0 amide bonds. The van der Waals surface area contributed by atoms with Gasteiger partial charge in [0.2, 0.25) is 0 Å². The Labute approximate surface area is 179 Å². The molecule has 14 heteroatoms. The number of hydrogen-bond donors (Lipinski definition) is 1. The first-order valence-corrected chi connectivity index (χ1v) is 10.1. The van der Waals surface area contributed by atoms with Gasteiger partial charge in [-0.2, -0.15) is 52.7 Å². The first kappa shape index (κ1) is 26.4. The van der Waals surface area contributed by atoms with Gasteiger partial charge >= 0.3 is 24.7 Å². The number of aliphatic hydroxyl groups is 1. The summed E-state index contributed by atoms with van der Waals surface area (Å²) in [6.45, 7) is 0. The van der Waals surface area contributed by atoms with E-state index in [9.17, 15) is 57.8 Å². The van der Waals surface area contributed by atoms with Crippen LogP contribution in [-0.4, -0.2) is 47.1 Å². The van der Waals surface area contributed by atoms with Crippen molar-refractivity contribution >= 4 is 0 Å². The third kappa shape index (κ3) is 4.12. The van der Waals surface area contributed by atoms with Crippen LogP contribution in [0.2, 0.25) is 0 Å². The molecule has 5 unspecified atom stereocenters. The minimum absolute atomic E-state index is 0.180. The molecule has 1 N–H and O–H groups in total. The van der Waals surface area contributed by atoms with Gasteiger partial charge in [0, 0.05) is 17.8 Å². The topological polar surface area (TPSA) is 29.5 Å². The lowest BCUT2D eigenvalue weighted by atomic mass is 9.66. The molecule has 0 aromatic heterocycles. The standard InChI is InChI=1S/C19H20F12O2/c20-16(21,22)14(32,17(23,24)25)11-2-1-3-12(8-11)15(18(26,27)28,19(29,30)31)33-13-7-9-4-5-10(13)6-9/h4-5,9-13,32H,1-3,6-8H2. The fourth-order valence-electron chi connectivity index (χ4n) is 5.52. The number of hydrogen-bond acceptors (Lipinski definition) is 2. The van der Waals surface area contributed by atoms with E-state index in [4.69, 9.17) is 0 Å². The molecule has 0 saturated heterocycles. The van der Waals surface area contributed by atoms with Crippen LogP contribution in [0.15, 0.2) is 12.2 Å². The van der Waals surface area contributed by atoms with E-state index in [1.807, 2.05) is 0 Å². The van der Waals surface area contributed by atoms with Crippen molar-refractivity contribution in [2.24, 2.45) is 23.7 Å². The maximum absolute atomic E-state index is 14.1. The summed E-state index contributed by atoms with van der Waals surface area (Å²) in [5.41, 5.74) is -10.4. The number of alkyl halides is 12. The highest BCUT2D eigenvalue weighted by Crippen LogP contribution is 2.60. The molecule has 0 radical (unpaired) electrons. The first-order valence-electron chi connectivity index (χ1n) is 10.1. The molecule has 0 aromatic carbocycles. The lowest BCUT2D eigenvalue weighted by Crippen LogP contribution is -2.67. The second-order valence-corrected chi connectivity index (χ2v) is 8.99. The molecule has 0 aromatic rings. The zero-order valence-corrected chi connectivity index (χ0v) is 16.7. The fourth-order valence-corrected chi connectivity index (χ4v) is 5.52. The minimum atomic E-state index is -6.37. The van der Waals surface area contributed by atoms with Crippen LogP contribution < -0.4 is 0 Å². The summed E-state index contributed by atoms with van der Waals surface area (Å²) in [4.78, 5) is 0. The molecule has 2 saturated carbocycles. The van der Waals surface area contributed by atoms with Crippen LogP contribution in [0.25, 0.3) is 0 Å². The monoisotopic (exact) mass is 508 g/mol. The number of fused-ring (bicyclic) bond motifs is 2. The van der Waals surface area contributed by atoms with Gasteiger partial charge in [0.05, 0.1) is 6.10 Å². The Hall–Kier alpha value is -1.18. The third-order valence-corrected chi connectivity index (χ3v) is 7.10. The predicted molar refractivity (Wildman–Crippen MR) is 87.6 cm³/mol. The van der Waals surface area contributed by atoms with E-state index in [1.54, 1.807) is 6.08 Å². The molecule has 0 spiro atoms. The zero-order valence-electron chi connectivity index (χ0n) is 16.7. The molecular formula is C19H20F12O2. The highest BCUT2D eigenvalue weighted by atomic mass is 19.4. The molecule has 3 rings (SSSR count). The normalized spacial score (nSPS) is 32.0. The molecule has 2 fully saturated rings. The summed E-state index contributed by atoms with van der Waals surface area (Å²) in [6.07, 6.45) is -28.3. The highest BCUT2D eigenvalue weighted by molar-refractivity contribution is 5.14. The highest BCUT2D eigenvalue weighted by Gasteiger charge is 2.79. The maximum Gasteiger partial charge on any atom is 0.426 e. The predicted octanol–water partition coefficient (Wildman–Crippen LogP) is 6.49. The summed E-state index contributed by atoms with van der Waals surface area (Å²) in [7, 11) is 0. The molecule has 0 aliphatic heterocycles. The van der Waals surface area contributed by atoms with E-state index >= 15 is 0 Å². The van der Waals surface area contributed by atoms with Gasteiger partial charge in [0.25, 0.3) is 11.2 Å². The maximum atomic E-state index is 14.1. The Balaban J connectivity index is 2.04. The van der Waals surface area contributed by atoms with Crippen LogP contribution in [0.5, 0.6) is 0 Å². The van der Waals surface area contributed by atoms with Gasteiger partial charge in [-0.15, -0.1) is 0 Å². The molecule has 2 nitrogen and oxygen atoms in total. The van der Waals surface area contributed by atoms with Crippen LogP contribution in [-0.2, 0) is 4.74 Å². The van der Waals surface area contributed by atoms with Crippen LogP contribution in [0, 0.1) is 23.7 Å². The van der Waals surface area contributed by atoms with E-state index in [2.05, 4.69) is 4.74 Å². The van der Waals surface area contributed by atoms with Gasteiger partial charge in [-0.25, -0.2) is 0 Å². The van der Waals surface area contributed by atoms with Crippen LogP contribution >= 0.6 is 0 Å². The Bertz CT molecular complexity index is 720. The molecular weight excluding hydrogens is 488 g/mol. The number of ether oxygens (including phenoxy) is 1. The van der Waals surface area contributed by atoms with Crippen LogP contribution in [0.1, 0.15) is 38.5 Å². The molecule has 0 heterocycles. The fraction of sp³-hybridized carbons (Fsp3) is 0.895. The second kappa shape index (κ2) is 7.92. The summed E-state index contributed by atoms with van der Waals surface area (Å²) in [6, 6.07) is 0. The van der Waals surface area contributed by atoms with Crippen molar-refractivity contribution in [2.45, 2.75) is 80.5 Å². The van der Waals surface area contributed by atoms with Crippen molar-refractivity contribution in [1.29, 1.82) is 0 Å². The molecule has 2 bridgehead atoms. The smallest absolute Gasteiger partial charge is 0.373 e. The van der Waals surface area contributed by atoms with Gasteiger partial charge in [-0.05, 0) is 38.0 Å². The average Bonchev–Trinajstić information content (AvgIpc) is 3.24. The van der Waals surface area contributed by atoms with Crippen molar-refractivity contribution in [2.75, 3.05) is 0 Å². The third-order valence-electron chi connectivity index (χ3n) is 7.10. The van der Waals surface area contributed by atoms with Crippen LogP contribution in [0.3, 0.4) is 0 Å². The Morgan fingerprint density at radius 1 is 0.636 bits per heavy atom. The van der Waals surface area contributed by atoms with Crippen LogP contribution in [0.4, 0.5) is 52.7 Å². The lowest BCUT2D eigenvalue weighted by molar-refractivity contribution is -0.418. The Morgan fingerprint density at radius 2 is 1.15 bits per heavy atom. The average molecular weight is 508 g/mol. The van der Waals surface area contributed by atoms with Crippen molar-refractivity contribution < 1.29 is 62.5 Å². The second-order valence-electron chi connectivity index (χ2n) is 8.99. The lowest BCUT2D eigenvalue weighted by Gasteiger charge is -2.49. The summed E-state index contributed by atoms with van der Waals surface area (Å²) in [5.74, 6) is -6.88. The zero-order chi connectivity index (χ0) is 25.3. The van der Waals surface area contributed by atoms with Crippen molar-refractivity contribution in [3.8, 4) is 0 Å². The molecule has 3 aliphatic carbocycles. The Kier molecular flexibility index (Phi) is 6.34. The van der Waals surface area contributed by atoms with E-state index in [-0.39, 0.29) is 18.8 Å². The number of rotatable bonds is 4. The summed E-state index contributed by atoms with van der Waals surface area (Å²) in [5, 5.41) is 9.61. The Morgan fingerprint density at radius 3 is 1.55 bits per heavy atom. The van der Waals surface area contributed by atoms with Crippen molar-refractivity contribution in [3.05, 3.63) is 12.2 Å². The van der Waals surface area contributed by atoms with E-state index in [1.165, 1.54) is 6.08 Å². The number of allylic oxidation sites excluding steroid dienone is 1. The largest absolute Gasteiger partial charge is 0.426 e. The quantitative estimate of drug-likeness (QED) is 0.348. The van der Waals surface area contributed by atoms with Crippen molar-refractivity contribution in [3.63, 3.8) is 0 Å². The van der Waals surface area contributed by atoms with Gasteiger partial charge < -0.3 is 9.84 Å². The first-order chi connectivity index (χ1) is 14.8. The van der Waals surface area contributed by atoms with Crippen molar-refractivity contribution in [1.82, 2.24) is 0 Å². The minimum Gasteiger partial charge on any atom is -0.373 e. The molecule has 5 atom stereocenters. The molecule has 33 heavy (non-hydrogen) atoms. The van der Waals surface area contributed by atoms with E-state index in [0.717, 1.165) is 0 Å². The van der Waals surface area contributed by atoms with Gasteiger partial charge in [0.1, 0.15) is 0 Å². The summed E-state index contributed by atoms with van der Waals surface area (Å²) >= 11 is 0.